The fourth-order valence-corrected chi connectivity index (χ4v) is 1.46. The minimum absolute atomic E-state index is 0.0996. The Kier molecular flexibility index (Phi) is 4.81. The summed E-state index contributed by atoms with van der Waals surface area (Å²) in [7, 11) is 0. The van der Waals surface area contributed by atoms with Gasteiger partial charge in [0.25, 0.3) is 0 Å². The van der Waals surface area contributed by atoms with Gasteiger partial charge >= 0.3 is 0 Å². The molecule has 1 rings (SSSR count). The second-order valence-corrected chi connectivity index (χ2v) is 4.16. The third-order valence-corrected chi connectivity index (χ3v) is 2.26. The van der Waals surface area contributed by atoms with Gasteiger partial charge in [-0.2, -0.15) is 0 Å². The van der Waals surface area contributed by atoms with Gasteiger partial charge in [-0.1, -0.05) is 36.7 Å². The van der Waals surface area contributed by atoms with Crippen LogP contribution in [-0.4, -0.2) is 6.10 Å². The molecule has 0 atom stereocenters. The topological polar surface area (TPSA) is 9.23 Å². The van der Waals surface area contributed by atoms with E-state index in [2.05, 4.69) is 0 Å². The molecule has 0 N–H and O–H groups in total. The van der Waals surface area contributed by atoms with Crippen molar-refractivity contribution in [2.24, 2.45) is 0 Å². The SMILES string of the molecule is CC/C=C\c1ccc(Cl)c(OC(C)C)c1F. The molecule has 0 aliphatic carbocycles. The zero-order valence-corrected chi connectivity index (χ0v) is 10.5. The van der Waals surface area contributed by atoms with Crippen molar-refractivity contribution in [3.8, 4) is 5.75 Å². The molecule has 0 radical (unpaired) electrons. The summed E-state index contributed by atoms with van der Waals surface area (Å²) in [5.74, 6) is -0.263. The molecule has 16 heavy (non-hydrogen) atoms. The van der Waals surface area contributed by atoms with E-state index in [1.165, 1.54) is 0 Å². The molecular weight excluding hydrogens is 227 g/mol. The molecule has 88 valence electrons. The van der Waals surface area contributed by atoms with Gasteiger partial charge in [0.1, 0.15) is 0 Å². The van der Waals surface area contributed by atoms with E-state index in [1.807, 2.05) is 26.8 Å². The number of allylic oxidation sites excluding steroid dienone is 1. The van der Waals surface area contributed by atoms with Crippen LogP contribution >= 0.6 is 11.6 Å². The number of hydrogen-bond donors (Lipinski definition) is 0. The lowest BCUT2D eigenvalue weighted by molar-refractivity contribution is 0.231. The zero-order valence-electron chi connectivity index (χ0n) is 9.76. The average Bonchev–Trinajstić information content (AvgIpc) is 2.23. The molecule has 0 saturated heterocycles. The largest absolute Gasteiger partial charge is 0.486 e. The van der Waals surface area contributed by atoms with E-state index in [0.29, 0.717) is 10.6 Å². The van der Waals surface area contributed by atoms with E-state index in [9.17, 15) is 4.39 Å². The maximum Gasteiger partial charge on any atom is 0.174 e. The van der Waals surface area contributed by atoms with Crippen LogP contribution in [0, 0.1) is 5.82 Å². The third-order valence-electron chi connectivity index (χ3n) is 1.97. The fraction of sp³-hybridized carbons (Fsp3) is 0.385. The fourth-order valence-electron chi connectivity index (χ4n) is 1.26. The van der Waals surface area contributed by atoms with Gasteiger partial charge < -0.3 is 4.74 Å². The quantitative estimate of drug-likeness (QED) is 0.744. The van der Waals surface area contributed by atoms with Gasteiger partial charge in [-0.25, -0.2) is 4.39 Å². The summed E-state index contributed by atoms with van der Waals surface area (Å²) in [5, 5.41) is 0.305. The van der Waals surface area contributed by atoms with Gasteiger partial charge in [0.2, 0.25) is 0 Å². The van der Waals surface area contributed by atoms with Crippen LogP contribution in [0.5, 0.6) is 5.75 Å². The molecule has 3 heteroatoms. The van der Waals surface area contributed by atoms with Crippen molar-refractivity contribution in [2.75, 3.05) is 0 Å². The number of benzene rings is 1. The minimum atomic E-state index is -0.397. The first-order valence-corrected chi connectivity index (χ1v) is 5.75. The molecule has 0 heterocycles. The van der Waals surface area contributed by atoms with Gasteiger partial charge in [-0.3, -0.25) is 0 Å². The van der Waals surface area contributed by atoms with Gasteiger partial charge in [0, 0.05) is 5.56 Å². The summed E-state index contributed by atoms with van der Waals surface area (Å²) in [4.78, 5) is 0. The van der Waals surface area contributed by atoms with Crippen molar-refractivity contribution >= 4 is 17.7 Å². The first-order chi connectivity index (χ1) is 7.56. The normalized spacial score (nSPS) is 11.4. The first kappa shape index (κ1) is 13.0. The van der Waals surface area contributed by atoms with Crippen molar-refractivity contribution in [3.05, 3.63) is 34.6 Å². The summed E-state index contributed by atoms with van der Waals surface area (Å²) in [6.45, 7) is 5.67. The molecule has 0 amide bonds. The Morgan fingerprint density at radius 1 is 1.44 bits per heavy atom. The van der Waals surface area contributed by atoms with Crippen LogP contribution in [0.3, 0.4) is 0 Å². The Morgan fingerprint density at radius 2 is 2.12 bits per heavy atom. The number of hydrogen-bond acceptors (Lipinski definition) is 1. The van der Waals surface area contributed by atoms with E-state index in [1.54, 1.807) is 18.2 Å². The van der Waals surface area contributed by atoms with Crippen LogP contribution in [0.2, 0.25) is 5.02 Å². The number of rotatable bonds is 4. The van der Waals surface area contributed by atoms with Crippen molar-refractivity contribution < 1.29 is 9.13 Å². The number of halogens is 2. The highest BCUT2D eigenvalue weighted by atomic mass is 35.5. The van der Waals surface area contributed by atoms with E-state index < -0.39 is 5.82 Å². The molecule has 1 nitrogen and oxygen atoms in total. The van der Waals surface area contributed by atoms with Crippen LogP contribution in [0.15, 0.2) is 18.2 Å². The van der Waals surface area contributed by atoms with Crippen molar-refractivity contribution in [1.82, 2.24) is 0 Å². The average molecular weight is 243 g/mol. The zero-order chi connectivity index (χ0) is 12.1. The highest BCUT2D eigenvalue weighted by molar-refractivity contribution is 6.32. The monoisotopic (exact) mass is 242 g/mol. The molecule has 0 unspecified atom stereocenters. The second kappa shape index (κ2) is 5.90. The maximum absolute atomic E-state index is 14.0. The van der Waals surface area contributed by atoms with Crippen LogP contribution in [-0.2, 0) is 0 Å². The van der Waals surface area contributed by atoms with E-state index >= 15 is 0 Å². The number of ether oxygens (including phenoxy) is 1. The summed E-state index contributed by atoms with van der Waals surface area (Å²) < 4.78 is 19.3. The van der Waals surface area contributed by atoms with Gasteiger partial charge in [-0.15, -0.1) is 0 Å². The lowest BCUT2D eigenvalue weighted by atomic mass is 10.1. The summed E-state index contributed by atoms with van der Waals surface area (Å²) in [5.41, 5.74) is 0.502. The van der Waals surface area contributed by atoms with E-state index in [4.69, 9.17) is 16.3 Å². The molecule has 0 saturated carbocycles. The summed E-state index contributed by atoms with van der Waals surface area (Å²) >= 11 is 5.89. The van der Waals surface area contributed by atoms with Crippen LogP contribution in [0.25, 0.3) is 6.08 Å². The molecule has 0 spiro atoms. The molecule has 1 aromatic rings. The van der Waals surface area contributed by atoms with Crippen molar-refractivity contribution in [3.63, 3.8) is 0 Å². The Hall–Kier alpha value is -1.02. The first-order valence-electron chi connectivity index (χ1n) is 5.37. The van der Waals surface area contributed by atoms with Crippen LogP contribution < -0.4 is 4.74 Å². The molecule has 0 aliphatic heterocycles. The van der Waals surface area contributed by atoms with Crippen LogP contribution in [0.1, 0.15) is 32.8 Å². The van der Waals surface area contributed by atoms with Gasteiger partial charge in [0.05, 0.1) is 11.1 Å². The maximum atomic E-state index is 14.0. The molecule has 0 bridgehead atoms. The lowest BCUT2D eigenvalue weighted by Gasteiger charge is -2.13. The molecular formula is C13H16ClFO. The molecule has 0 aromatic heterocycles. The minimum Gasteiger partial charge on any atom is -0.486 e. The summed E-state index contributed by atoms with van der Waals surface area (Å²) in [6.07, 6.45) is 4.39. The van der Waals surface area contributed by atoms with Gasteiger partial charge in [-0.05, 0) is 26.3 Å². The van der Waals surface area contributed by atoms with Crippen molar-refractivity contribution in [1.29, 1.82) is 0 Å². The Morgan fingerprint density at radius 3 is 2.69 bits per heavy atom. The van der Waals surface area contributed by atoms with E-state index in [0.717, 1.165) is 6.42 Å². The molecule has 1 aromatic carbocycles. The Bertz CT molecular complexity index is 386. The smallest absolute Gasteiger partial charge is 0.174 e. The van der Waals surface area contributed by atoms with E-state index in [-0.39, 0.29) is 11.9 Å². The predicted octanol–water partition coefficient (Wildman–Crippen LogP) is 4.69. The standard InChI is InChI=1S/C13H16ClFO/c1-4-5-6-10-7-8-11(14)13(12(10)15)16-9(2)3/h5-9H,4H2,1-3H3/b6-5-. The van der Waals surface area contributed by atoms with Crippen molar-refractivity contribution in [2.45, 2.75) is 33.3 Å². The Labute approximate surface area is 101 Å². The lowest BCUT2D eigenvalue weighted by Crippen LogP contribution is -2.08. The van der Waals surface area contributed by atoms with Crippen LogP contribution in [0.4, 0.5) is 4.39 Å². The summed E-state index contributed by atoms with van der Waals surface area (Å²) in [6, 6.07) is 3.30. The highest BCUT2D eigenvalue weighted by Crippen LogP contribution is 2.31. The van der Waals surface area contributed by atoms with Gasteiger partial charge in [0.15, 0.2) is 11.6 Å². The highest BCUT2D eigenvalue weighted by Gasteiger charge is 2.13. The predicted molar refractivity (Wildman–Crippen MR) is 66.5 cm³/mol. The Balaban J connectivity index is 3.11. The third kappa shape index (κ3) is 3.24. The molecule has 0 fully saturated rings. The second-order valence-electron chi connectivity index (χ2n) is 3.76. The molecule has 0 aliphatic rings.